The second-order valence-electron chi connectivity index (χ2n) is 7.66. The van der Waals surface area contributed by atoms with Gasteiger partial charge in [0.05, 0.1) is 11.6 Å². The number of likely N-dealkylation sites (N-methyl/N-ethyl adjacent to an activating group) is 1. The highest BCUT2D eigenvalue weighted by molar-refractivity contribution is 5.94. The van der Waals surface area contributed by atoms with Gasteiger partial charge in [0.1, 0.15) is 0 Å². The Hall–Kier alpha value is -3.26. The fourth-order valence-electron chi connectivity index (χ4n) is 3.78. The number of hydrogen-bond donors (Lipinski definition) is 1. The molecule has 30 heavy (non-hydrogen) atoms. The van der Waals surface area contributed by atoms with Crippen molar-refractivity contribution in [2.45, 2.75) is 19.4 Å². The van der Waals surface area contributed by atoms with Gasteiger partial charge >= 0.3 is 0 Å². The van der Waals surface area contributed by atoms with E-state index in [4.69, 9.17) is 0 Å². The van der Waals surface area contributed by atoms with E-state index in [0.29, 0.717) is 30.8 Å². The van der Waals surface area contributed by atoms with Gasteiger partial charge in [-0.05, 0) is 31.2 Å². The molecule has 1 atom stereocenters. The summed E-state index contributed by atoms with van der Waals surface area (Å²) in [7, 11) is 2.02. The molecule has 0 bridgehead atoms. The monoisotopic (exact) mass is 406 g/mol. The van der Waals surface area contributed by atoms with E-state index in [-0.39, 0.29) is 17.9 Å². The lowest BCUT2D eigenvalue weighted by atomic mass is 10.1. The maximum Gasteiger partial charge on any atom is 0.252 e. The van der Waals surface area contributed by atoms with Crippen LogP contribution in [-0.4, -0.2) is 69.4 Å². The lowest BCUT2D eigenvalue weighted by molar-refractivity contribution is -0.131. The molecule has 0 aliphatic carbocycles. The van der Waals surface area contributed by atoms with Gasteiger partial charge in [-0.15, -0.1) is 10.2 Å². The summed E-state index contributed by atoms with van der Waals surface area (Å²) < 4.78 is 1.86. The van der Waals surface area contributed by atoms with Crippen molar-refractivity contribution in [1.82, 2.24) is 29.7 Å². The molecule has 0 unspecified atom stereocenters. The third kappa shape index (κ3) is 4.18. The quantitative estimate of drug-likeness (QED) is 0.695. The van der Waals surface area contributed by atoms with E-state index in [1.807, 2.05) is 46.7 Å². The number of hydrogen-bond acceptors (Lipinski definition) is 5. The van der Waals surface area contributed by atoms with Crippen LogP contribution in [0.15, 0.2) is 48.7 Å². The summed E-state index contributed by atoms with van der Waals surface area (Å²) in [6.07, 6.45) is 2.56. The second-order valence-corrected chi connectivity index (χ2v) is 7.66. The molecule has 0 radical (unpaired) electrons. The third-order valence-electron chi connectivity index (χ3n) is 5.62. The Morgan fingerprint density at radius 1 is 1.10 bits per heavy atom. The molecule has 2 amide bonds. The molecule has 0 spiro atoms. The van der Waals surface area contributed by atoms with Crippen LogP contribution in [0.25, 0.3) is 5.65 Å². The zero-order chi connectivity index (χ0) is 21.1. The number of nitrogens with zero attached hydrogens (tertiary/aromatic N) is 5. The third-order valence-corrected chi connectivity index (χ3v) is 5.62. The highest BCUT2D eigenvalue weighted by Gasteiger charge is 2.30. The number of piperazine rings is 1. The lowest BCUT2D eigenvalue weighted by Gasteiger charge is -2.38. The van der Waals surface area contributed by atoms with Crippen molar-refractivity contribution >= 4 is 17.5 Å². The van der Waals surface area contributed by atoms with Crippen LogP contribution in [0.3, 0.4) is 0 Å². The van der Waals surface area contributed by atoms with Gasteiger partial charge in [-0.3, -0.25) is 18.9 Å². The largest absolute Gasteiger partial charge is 0.352 e. The molecule has 1 aliphatic rings. The van der Waals surface area contributed by atoms with Gasteiger partial charge in [0.2, 0.25) is 5.91 Å². The topological polar surface area (TPSA) is 82.8 Å². The highest BCUT2D eigenvalue weighted by atomic mass is 16.2. The van der Waals surface area contributed by atoms with E-state index in [0.717, 1.165) is 18.8 Å². The lowest BCUT2D eigenvalue weighted by Crippen LogP contribution is -2.48. The first-order valence-electron chi connectivity index (χ1n) is 10.2. The summed E-state index contributed by atoms with van der Waals surface area (Å²) in [6, 6.07) is 13.6. The number of aromatic nitrogens is 3. The number of carbonyl (C=O) groups is 2. The van der Waals surface area contributed by atoms with Gasteiger partial charge in [-0.25, -0.2) is 0 Å². The van der Waals surface area contributed by atoms with Crippen molar-refractivity contribution in [3.8, 4) is 0 Å². The Kier molecular flexibility index (Phi) is 5.76. The Bertz CT molecular complexity index is 1050. The van der Waals surface area contributed by atoms with Crippen LogP contribution in [-0.2, 0) is 11.2 Å². The second kappa shape index (κ2) is 8.62. The van der Waals surface area contributed by atoms with Gasteiger partial charge < -0.3 is 10.2 Å². The van der Waals surface area contributed by atoms with Crippen molar-refractivity contribution in [2.24, 2.45) is 0 Å². The summed E-state index contributed by atoms with van der Waals surface area (Å²) in [5.74, 6) is 0.660. The molecule has 1 fully saturated rings. The number of pyridine rings is 1. The molecule has 1 aromatic carbocycles. The van der Waals surface area contributed by atoms with Crippen molar-refractivity contribution < 1.29 is 9.59 Å². The first-order valence-corrected chi connectivity index (χ1v) is 10.2. The van der Waals surface area contributed by atoms with Crippen LogP contribution < -0.4 is 5.32 Å². The average Bonchev–Trinajstić information content (AvgIpc) is 3.17. The number of rotatable bonds is 5. The van der Waals surface area contributed by atoms with E-state index in [1.165, 1.54) is 5.56 Å². The standard InChI is InChI=1S/C22H26N6O2/c1-16(29)27-13-12-26(2)19(15-27)21-25-24-20-9-8-18(14-28(20)21)22(30)23-11-10-17-6-4-3-5-7-17/h3-9,14,19H,10-13,15H2,1-2H3,(H,23,30)/t19-/m1/s1. The predicted molar refractivity (Wildman–Crippen MR) is 113 cm³/mol. The van der Waals surface area contributed by atoms with Crippen molar-refractivity contribution in [3.05, 3.63) is 65.6 Å². The minimum atomic E-state index is -0.130. The molecule has 3 heterocycles. The molecule has 1 N–H and O–H groups in total. The molecule has 3 aromatic rings. The minimum Gasteiger partial charge on any atom is -0.352 e. The van der Waals surface area contributed by atoms with E-state index >= 15 is 0 Å². The number of amides is 2. The minimum absolute atomic E-state index is 0.0559. The summed E-state index contributed by atoms with van der Waals surface area (Å²) >= 11 is 0. The number of benzene rings is 1. The molecule has 1 aliphatic heterocycles. The molecule has 4 rings (SSSR count). The molecule has 2 aromatic heterocycles. The SMILES string of the molecule is CC(=O)N1CCN(C)[C@@H](c2nnc3ccc(C(=O)NCCc4ccccc4)cn23)C1. The Balaban J connectivity index is 1.51. The summed E-state index contributed by atoms with van der Waals surface area (Å²) in [5.41, 5.74) is 2.42. The first-order chi connectivity index (χ1) is 14.5. The van der Waals surface area contributed by atoms with Crippen LogP contribution in [0.5, 0.6) is 0 Å². The van der Waals surface area contributed by atoms with E-state index < -0.39 is 0 Å². The summed E-state index contributed by atoms with van der Waals surface area (Å²) in [5, 5.41) is 11.6. The Morgan fingerprint density at radius 3 is 2.67 bits per heavy atom. The van der Waals surface area contributed by atoms with Crippen molar-refractivity contribution in [3.63, 3.8) is 0 Å². The predicted octanol–water partition coefficient (Wildman–Crippen LogP) is 1.54. The van der Waals surface area contributed by atoms with Crippen LogP contribution in [0, 0.1) is 0 Å². The fraction of sp³-hybridized carbons (Fsp3) is 0.364. The smallest absolute Gasteiger partial charge is 0.252 e. The number of nitrogens with one attached hydrogen (secondary N) is 1. The highest BCUT2D eigenvalue weighted by Crippen LogP contribution is 2.23. The zero-order valence-corrected chi connectivity index (χ0v) is 17.3. The molecule has 156 valence electrons. The molecular formula is C22H26N6O2. The summed E-state index contributed by atoms with van der Waals surface area (Å²) in [6.45, 7) is 4.17. The number of carbonyl (C=O) groups excluding carboxylic acids is 2. The summed E-state index contributed by atoms with van der Waals surface area (Å²) in [4.78, 5) is 28.5. The van der Waals surface area contributed by atoms with Crippen LogP contribution in [0.1, 0.15) is 34.7 Å². The maximum atomic E-state index is 12.7. The van der Waals surface area contributed by atoms with E-state index in [9.17, 15) is 9.59 Å². The molecule has 0 saturated carbocycles. The molecule has 8 heteroatoms. The molecular weight excluding hydrogens is 380 g/mol. The molecule has 8 nitrogen and oxygen atoms in total. The van der Waals surface area contributed by atoms with Crippen molar-refractivity contribution in [1.29, 1.82) is 0 Å². The van der Waals surface area contributed by atoms with E-state index in [1.54, 1.807) is 25.3 Å². The van der Waals surface area contributed by atoms with Crippen LogP contribution in [0.2, 0.25) is 0 Å². The molecule has 1 saturated heterocycles. The van der Waals surface area contributed by atoms with Gasteiger partial charge in [0.25, 0.3) is 5.91 Å². The Morgan fingerprint density at radius 2 is 1.90 bits per heavy atom. The van der Waals surface area contributed by atoms with E-state index in [2.05, 4.69) is 20.4 Å². The van der Waals surface area contributed by atoms with Gasteiger partial charge in [-0.2, -0.15) is 0 Å². The number of fused-ring (bicyclic) bond motifs is 1. The van der Waals surface area contributed by atoms with Gasteiger partial charge in [0.15, 0.2) is 11.5 Å². The van der Waals surface area contributed by atoms with Crippen molar-refractivity contribution in [2.75, 3.05) is 33.2 Å². The van der Waals surface area contributed by atoms with Crippen LogP contribution >= 0.6 is 0 Å². The zero-order valence-electron chi connectivity index (χ0n) is 17.3. The van der Waals surface area contributed by atoms with Gasteiger partial charge in [-0.1, -0.05) is 30.3 Å². The fourth-order valence-corrected chi connectivity index (χ4v) is 3.78. The Labute approximate surface area is 175 Å². The first kappa shape index (κ1) is 20.0. The van der Waals surface area contributed by atoms with Crippen LogP contribution in [0.4, 0.5) is 0 Å². The van der Waals surface area contributed by atoms with Gasteiger partial charge in [0, 0.05) is 39.3 Å². The normalized spacial score (nSPS) is 17.3. The average molecular weight is 406 g/mol. The maximum absolute atomic E-state index is 12.7.